The number of nitrogens with zero attached hydrogens (tertiary/aromatic N) is 1. The van der Waals surface area contributed by atoms with Gasteiger partial charge in [-0.15, -0.1) is 0 Å². The Morgan fingerprint density at radius 3 is 2.46 bits per heavy atom. The quantitative estimate of drug-likeness (QED) is 0.483. The SMILES string of the molecule is COC(=O)CC1(c2c(C)n(Cc3ccc(Br)cc3)c3ccc(OC)cc23)CC1. The lowest BCUT2D eigenvalue weighted by Crippen LogP contribution is -2.16. The fourth-order valence-corrected chi connectivity index (χ4v) is 4.51. The van der Waals surface area contributed by atoms with Crippen LogP contribution in [-0.4, -0.2) is 24.8 Å². The summed E-state index contributed by atoms with van der Waals surface area (Å²) in [4.78, 5) is 12.1. The summed E-state index contributed by atoms with van der Waals surface area (Å²) in [5, 5.41) is 1.18. The highest BCUT2D eigenvalue weighted by Crippen LogP contribution is 2.55. The van der Waals surface area contributed by atoms with Crippen molar-refractivity contribution >= 4 is 32.8 Å². The first-order chi connectivity index (χ1) is 13.5. The molecule has 4 rings (SSSR count). The van der Waals surface area contributed by atoms with Crippen LogP contribution in [0.3, 0.4) is 0 Å². The van der Waals surface area contributed by atoms with Gasteiger partial charge in [-0.3, -0.25) is 4.79 Å². The summed E-state index contributed by atoms with van der Waals surface area (Å²) in [6.07, 6.45) is 2.45. The second kappa shape index (κ2) is 7.28. The number of methoxy groups -OCH3 is 2. The smallest absolute Gasteiger partial charge is 0.306 e. The Hall–Kier alpha value is -2.27. The minimum Gasteiger partial charge on any atom is -0.497 e. The van der Waals surface area contributed by atoms with Crippen molar-refractivity contribution in [3.63, 3.8) is 0 Å². The van der Waals surface area contributed by atoms with Crippen LogP contribution in [0.2, 0.25) is 0 Å². The summed E-state index contributed by atoms with van der Waals surface area (Å²) in [6.45, 7) is 2.95. The van der Waals surface area contributed by atoms with Gasteiger partial charge in [-0.05, 0) is 61.2 Å². The summed E-state index contributed by atoms with van der Waals surface area (Å²) in [5.41, 5.74) is 4.78. The maximum absolute atomic E-state index is 12.1. The molecule has 1 heterocycles. The first-order valence-electron chi connectivity index (χ1n) is 9.46. The molecule has 0 atom stereocenters. The van der Waals surface area contributed by atoms with E-state index >= 15 is 0 Å². The molecule has 4 nitrogen and oxygen atoms in total. The number of aromatic nitrogens is 1. The molecule has 0 radical (unpaired) electrons. The van der Waals surface area contributed by atoms with E-state index in [0.29, 0.717) is 6.42 Å². The number of rotatable bonds is 6. The van der Waals surface area contributed by atoms with Crippen molar-refractivity contribution in [3.05, 3.63) is 63.8 Å². The molecule has 0 N–H and O–H groups in total. The van der Waals surface area contributed by atoms with Gasteiger partial charge in [0.25, 0.3) is 0 Å². The van der Waals surface area contributed by atoms with Crippen molar-refractivity contribution in [1.29, 1.82) is 0 Å². The van der Waals surface area contributed by atoms with Crippen LogP contribution in [0.5, 0.6) is 5.75 Å². The van der Waals surface area contributed by atoms with Gasteiger partial charge < -0.3 is 14.0 Å². The molecule has 0 bridgehead atoms. The molecule has 1 saturated carbocycles. The lowest BCUT2D eigenvalue weighted by atomic mass is 9.90. The number of benzene rings is 2. The highest BCUT2D eigenvalue weighted by Gasteiger charge is 2.49. The van der Waals surface area contributed by atoms with E-state index in [2.05, 4.69) is 63.8 Å². The zero-order valence-corrected chi connectivity index (χ0v) is 18.0. The zero-order valence-electron chi connectivity index (χ0n) is 16.4. The lowest BCUT2D eigenvalue weighted by Gasteiger charge is -2.16. The highest BCUT2D eigenvalue weighted by atomic mass is 79.9. The first-order valence-corrected chi connectivity index (χ1v) is 10.3. The molecule has 1 aromatic heterocycles. The molecular formula is C23H24BrNO3. The Labute approximate surface area is 173 Å². The molecule has 0 amide bonds. The molecule has 5 heteroatoms. The second-order valence-corrected chi connectivity index (χ2v) is 8.51. The van der Waals surface area contributed by atoms with Gasteiger partial charge in [0.15, 0.2) is 0 Å². The first kappa shape index (κ1) is 19.1. The average Bonchev–Trinajstić information content (AvgIpc) is 3.41. The van der Waals surface area contributed by atoms with Crippen LogP contribution in [0.25, 0.3) is 10.9 Å². The van der Waals surface area contributed by atoms with E-state index < -0.39 is 0 Å². The maximum Gasteiger partial charge on any atom is 0.306 e. The number of carbonyl (C=O) groups is 1. The van der Waals surface area contributed by atoms with Crippen molar-refractivity contribution < 1.29 is 14.3 Å². The third kappa shape index (κ3) is 3.32. The van der Waals surface area contributed by atoms with Crippen LogP contribution in [0.4, 0.5) is 0 Å². The summed E-state index contributed by atoms with van der Waals surface area (Å²) in [5.74, 6) is 0.692. The van der Waals surface area contributed by atoms with E-state index in [1.165, 1.54) is 34.8 Å². The Kier molecular flexibility index (Phi) is 4.96. The number of ether oxygens (including phenoxy) is 2. The van der Waals surface area contributed by atoms with Gasteiger partial charge in [0, 0.05) is 33.0 Å². The van der Waals surface area contributed by atoms with E-state index in [0.717, 1.165) is 29.6 Å². The van der Waals surface area contributed by atoms with Crippen molar-refractivity contribution in [1.82, 2.24) is 4.57 Å². The van der Waals surface area contributed by atoms with Gasteiger partial charge >= 0.3 is 5.97 Å². The number of carbonyl (C=O) groups excluding carboxylic acids is 1. The summed E-state index contributed by atoms with van der Waals surface area (Å²) in [6, 6.07) is 14.6. The molecule has 146 valence electrons. The third-order valence-corrected chi connectivity index (χ3v) is 6.41. The predicted molar refractivity (Wildman–Crippen MR) is 114 cm³/mol. The van der Waals surface area contributed by atoms with E-state index in [-0.39, 0.29) is 11.4 Å². The molecule has 3 aromatic rings. The number of fused-ring (bicyclic) bond motifs is 1. The Bertz CT molecular complexity index is 1030. The van der Waals surface area contributed by atoms with Gasteiger partial charge in [0.2, 0.25) is 0 Å². The zero-order chi connectivity index (χ0) is 19.9. The number of hydrogen-bond donors (Lipinski definition) is 0. The molecule has 0 unspecified atom stereocenters. The molecule has 28 heavy (non-hydrogen) atoms. The summed E-state index contributed by atoms with van der Waals surface area (Å²) < 4.78 is 13.9. The monoisotopic (exact) mass is 441 g/mol. The highest BCUT2D eigenvalue weighted by molar-refractivity contribution is 9.10. The van der Waals surface area contributed by atoms with Gasteiger partial charge in [-0.1, -0.05) is 28.1 Å². The molecule has 1 fully saturated rings. The lowest BCUT2D eigenvalue weighted by molar-refractivity contribution is -0.141. The molecule has 2 aromatic carbocycles. The van der Waals surface area contributed by atoms with E-state index in [1.807, 2.05) is 6.07 Å². The second-order valence-electron chi connectivity index (χ2n) is 7.59. The normalized spacial score (nSPS) is 14.9. The van der Waals surface area contributed by atoms with Crippen LogP contribution < -0.4 is 4.74 Å². The van der Waals surface area contributed by atoms with Gasteiger partial charge in [-0.25, -0.2) is 0 Å². The Morgan fingerprint density at radius 2 is 1.86 bits per heavy atom. The number of esters is 1. The fourth-order valence-electron chi connectivity index (χ4n) is 4.25. The minimum atomic E-state index is -0.145. The van der Waals surface area contributed by atoms with Crippen LogP contribution in [-0.2, 0) is 21.5 Å². The number of halogens is 1. The molecule has 0 aliphatic heterocycles. The van der Waals surface area contributed by atoms with Crippen LogP contribution in [0.15, 0.2) is 46.9 Å². The predicted octanol–water partition coefficient (Wildman–Crippen LogP) is 5.36. The maximum atomic E-state index is 12.1. The van der Waals surface area contributed by atoms with E-state index in [9.17, 15) is 4.79 Å². The van der Waals surface area contributed by atoms with Crippen molar-refractivity contribution in [2.75, 3.05) is 14.2 Å². The van der Waals surface area contributed by atoms with Gasteiger partial charge in [0.05, 0.1) is 20.6 Å². The minimum absolute atomic E-state index is 0.118. The van der Waals surface area contributed by atoms with E-state index in [4.69, 9.17) is 9.47 Å². The molecule has 0 spiro atoms. The molecular weight excluding hydrogens is 418 g/mol. The van der Waals surface area contributed by atoms with Crippen molar-refractivity contribution in [2.24, 2.45) is 0 Å². The van der Waals surface area contributed by atoms with Crippen LogP contribution >= 0.6 is 15.9 Å². The average molecular weight is 442 g/mol. The van der Waals surface area contributed by atoms with Crippen molar-refractivity contribution in [3.8, 4) is 5.75 Å². The van der Waals surface area contributed by atoms with Crippen LogP contribution in [0.1, 0.15) is 36.1 Å². The summed E-state index contributed by atoms with van der Waals surface area (Å²) in [7, 11) is 3.15. The largest absolute Gasteiger partial charge is 0.497 e. The number of hydrogen-bond acceptors (Lipinski definition) is 3. The molecule has 1 aliphatic rings. The fraction of sp³-hybridized carbons (Fsp3) is 0.348. The standard InChI is InChI=1S/C23H24BrNO3/c1-15-22(23(10-11-23)13-21(26)28-3)19-12-18(27-2)8-9-20(19)25(15)14-16-4-6-17(24)7-5-16/h4-9,12H,10-11,13-14H2,1-3H3. The third-order valence-electron chi connectivity index (χ3n) is 5.88. The van der Waals surface area contributed by atoms with Gasteiger partial charge in [0.1, 0.15) is 5.75 Å². The Balaban J connectivity index is 1.85. The van der Waals surface area contributed by atoms with Crippen LogP contribution in [0, 0.1) is 6.92 Å². The summed E-state index contributed by atoms with van der Waals surface area (Å²) >= 11 is 3.50. The topological polar surface area (TPSA) is 40.5 Å². The Morgan fingerprint density at radius 1 is 1.14 bits per heavy atom. The molecule has 0 saturated heterocycles. The van der Waals surface area contributed by atoms with E-state index in [1.54, 1.807) is 7.11 Å². The van der Waals surface area contributed by atoms with Gasteiger partial charge in [-0.2, -0.15) is 0 Å². The van der Waals surface area contributed by atoms with Crippen molar-refractivity contribution in [2.45, 2.75) is 38.1 Å². The molecule has 1 aliphatic carbocycles.